The molecule has 7 heteroatoms. The van der Waals surface area contributed by atoms with Crippen molar-refractivity contribution in [2.75, 3.05) is 31.6 Å². The van der Waals surface area contributed by atoms with Gasteiger partial charge in [-0.1, -0.05) is 18.2 Å². The van der Waals surface area contributed by atoms with Crippen LogP contribution in [0, 0.1) is 0 Å². The summed E-state index contributed by atoms with van der Waals surface area (Å²) in [6.07, 6.45) is 3.31. The summed E-state index contributed by atoms with van der Waals surface area (Å²) < 4.78 is 33.2. The van der Waals surface area contributed by atoms with Crippen LogP contribution < -0.4 is 9.64 Å². The van der Waals surface area contributed by atoms with Gasteiger partial charge in [0.15, 0.2) is 0 Å². The molecule has 0 atom stereocenters. The molecule has 0 radical (unpaired) electrons. The van der Waals surface area contributed by atoms with E-state index in [1.165, 1.54) is 0 Å². The van der Waals surface area contributed by atoms with Crippen LogP contribution in [0.25, 0.3) is 0 Å². The average Bonchev–Trinajstić information content (AvgIpc) is 2.69. The SMILES string of the molecule is CCOc1ccccc1S(=O)(=O)N1CCC(N(C)c2ccccn2)CC1. The fourth-order valence-corrected chi connectivity index (χ4v) is 4.90. The monoisotopic (exact) mass is 375 g/mol. The van der Waals surface area contributed by atoms with E-state index in [4.69, 9.17) is 4.74 Å². The summed E-state index contributed by atoms with van der Waals surface area (Å²) in [4.78, 5) is 6.76. The van der Waals surface area contributed by atoms with Gasteiger partial charge < -0.3 is 9.64 Å². The van der Waals surface area contributed by atoms with Crippen molar-refractivity contribution < 1.29 is 13.2 Å². The lowest BCUT2D eigenvalue weighted by Crippen LogP contribution is -2.45. The third kappa shape index (κ3) is 3.83. The Morgan fingerprint density at radius 2 is 1.85 bits per heavy atom. The van der Waals surface area contributed by atoms with Gasteiger partial charge in [-0.3, -0.25) is 0 Å². The molecule has 26 heavy (non-hydrogen) atoms. The molecule has 6 nitrogen and oxygen atoms in total. The molecule has 1 aliphatic heterocycles. The minimum atomic E-state index is -3.55. The van der Waals surface area contributed by atoms with Crippen molar-refractivity contribution in [1.82, 2.24) is 9.29 Å². The molecule has 1 aromatic carbocycles. The first-order valence-electron chi connectivity index (χ1n) is 8.90. The molecule has 1 aromatic heterocycles. The second kappa shape index (κ2) is 8.05. The number of rotatable bonds is 6. The van der Waals surface area contributed by atoms with Gasteiger partial charge in [-0.15, -0.1) is 0 Å². The molecule has 2 aromatic rings. The summed E-state index contributed by atoms with van der Waals surface area (Å²) in [5, 5.41) is 0. The van der Waals surface area contributed by atoms with Crippen molar-refractivity contribution in [2.24, 2.45) is 0 Å². The zero-order valence-electron chi connectivity index (χ0n) is 15.2. The first-order valence-corrected chi connectivity index (χ1v) is 10.3. The fraction of sp³-hybridized carbons (Fsp3) is 0.421. The van der Waals surface area contributed by atoms with Gasteiger partial charge in [0.1, 0.15) is 16.5 Å². The maximum atomic E-state index is 13.0. The molecule has 0 bridgehead atoms. The van der Waals surface area contributed by atoms with E-state index in [1.54, 1.807) is 34.8 Å². The fourth-order valence-electron chi connectivity index (χ4n) is 3.30. The number of piperidine rings is 1. The molecule has 0 amide bonds. The van der Waals surface area contributed by atoms with Crippen LogP contribution in [0.15, 0.2) is 53.6 Å². The molecule has 0 N–H and O–H groups in total. The van der Waals surface area contributed by atoms with E-state index in [0.717, 1.165) is 18.7 Å². The Bertz CT molecular complexity index is 819. The van der Waals surface area contributed by atoms with Crippen LogP contribution in [-0.2, 0) is 10.0 Å². The highest BCUT2D eigenvalue weighted by Gasteiger charge is 2.32. The van der Waals surface area contributed by atoms with Crippen LogP contribution in [0.2, 0.25) is 0 Å². The van der Waals surface area contributed by atoms with Gasteiger partial charge in [0.2, 0.25) is 10.0 Å². The number of sulfonamides is 1. The van der Waals surface area contributed by atoms with E-state index < -0.39 is 10.0 Å². The zero-order valence-corrected chi connectivity index (χ0v) is 16.0. The average molecular weight is 375 g/mol. The Labute approximate surface area is 155 Å². The normalized spacial score (nSPS) is 16.4. The molecule has 0 saturated carbocycles. The Balaban J connectivity index is 1.71. The smallest absolute Gasteiger partial charge is 0.246 e. The van der Waals surface area contributed by atoms with Gasteiger partial charge >= 0.3 is 0 Å². The zero-order chi connectivity index (χ0) is 18.6. The second-order valence-corrected chi connectivity index (χ2v) is 8.22. The molecule has 2 heterocycles. The van der Waals surface area contributed by atoms with Gasteiger partial charge in [0.25, 0.3) is 0 Å². The summed E-state index contributed by atoms with van der Waals surface area (Å²) in [6, 6.07) is 12.9. The van der Waals surface area contributed by atoms with E-state index in [9.17, 15) is 8.42 Å². The molecule has 1 aliphatic rings. The number of hydrogen-bond donors (Lipinski definition) is 0. The predicted molar refractivity (Wildman–Crippen MR) is 102 cm³/mol. The van der Waals surface area contributed by atoms with Crippen LogP contribution in [0.5, 0.6) is 5.75 Å². The van der Waals surface area contributed by atoms with Crippen LogP contribution in [0.4, 0.5) is 5.82 Å². The van der Waals surface area contributed by atoms with Crippen LogP contribution in [0.3, 0.4) is 0 Å². The summed E-state index contributed by atoms with van der Waals surface area (Å²) in [7, 11) is -1.54. The Morgan fingerprint density at radius 1 is 1.15 bits per heavy atom. The molecule has 0 aliphatic carbocycles. The highest BCUT2D eigenvalue weighted by Crippen LogP contribution is 2.29. The van der Waals surface area contributed by atoms with Gasteiger partial charge in [-0.2, -0.15) is 4.31 Å². The number of ether oxygens (including phenoxy) is 1. The van der Waals surface area contributed by atoms with Crippen molar-refractivity contribution in [2.45, 2.75) is 30.7 Å². The molecule has 140 valence electrons. The maximum Gasteiger partial charge on any atom is 0.246 e. The molecule has 0 unspecified atom stereocenters. The van der Waals surface area contributed by atoms with E-state index in [0.29, 0.717) is 25.4 Å². The van der Waals surface area contributed by atoms with Crippen LogP contribution >= 0.6 is 0 Å². The van der Waals surface area contributed by atoms with Crippen molar-refractivity contribution in [3.8, 4) is 5.75 Å². The first-order chi connectivity index (χ1) is 12.5. The second-order valence-electron chi connectivity index (χ2n) is 6.31. The van der Waals surface area contributed by atoms with E-state index in [1.807, 2.05) is 32.2 Å². The van der Waals surface area contributed by atoms with Crippen molar-refractivity contribution in [3.63, 3.8) is 0 Å². The quantitative estimate of drug-likeness (QED) is 0.777. The molecule has 3 rings (SSSR count). The number of aromatic nitrogens is 1. The predicted octanol–water partition coefficient (Wildman–Crippen LogP) is 2.77. The molecule has 1 fully saturated rings. The molecular formula is C19H25N3O3S. The lowest BCUT2D eigenvalue weighted by Gasteiger charge is -2.36. The molecular weight excluding hydrogens is 350 g/mol. The Hall–Kier alpha value is -2.12. The number of para-hydroxylation sites is 1. The van der Waals surface area contributed by atoms with Crippen LogP contribution in [0.1, 0.15) is 19.8 Å². The van der Waals surface area contributed by atoms with Crippen molar-refractivity contribution in [1.29, 1.82) is 0 Å². The summed E-state index contributed by atoms with van der Waals surface area (Å²) in [5.74, 6) is 1.33. The van der Waals surface area contributed by atoms with E-state index in [-0.39, 0.29) is 10.9 Å². The van der Waals surface area contributed by atoms with Gasteiger partial charge in [0, 0.05) is 32.4 Å². The van der Waals surface area contributed by atoms with Crippen LogP contribution in [-0.4, -0.2) is 50.5 Å². The number of pyridine rings is 1. The molecule has 0 spiro atoms. The van der Waals surface area contributed by atoms with E-state index >= 15 is 0 Å². The third-order valence-electron chi connectivity index (χ3n) is 4.75. The summed E-state index contributed by atoms with van der Waals surface area (Å²) in [5.41, 5.74) is 0. The largest absolute Gasteiger partial charge is 0.492 e. The van der Waals surface area contributed by atoms with Crippen molar-refractivity contribution in [3.05, 3.63) is 48.7 Å². The lowest BCUT2D eigenvalue weighted by molar-refractivity contribution is 0.307. The topological polar surface area (TPSA) is 62.7 Å². The van der Waals surface area contributed by atoms with E-state index in [2.05, 4.69) is 9.88 Å². The standard InChI is InChI=1S/C19H25N3O3S/c1-3-25-17-8-4-5-9-18(17)26(23,24)22-14-11-16(12-15-22)21(2)19-10-6-7-13-20-19/h4-10,13,16H,3,11-12,14-15H2,1-2H3. The number of benzene rings is 1. The highest BCUT2D eigenvalue weighted by atomic mass is 32.2. The minimum absolute atomic E-state index is 0.249. The minimum Gasteiger partial charge on any atom is -0.492 e. The number of anilines is 1. The van der Waals surface area contributed by atoms with Crippen molar-refractivity contribution >= 4 is 15.8 Å². The van der Waals surface area contributed by atoms with Gasteiger partial charge in [0.05, 0.1) is 6.61 Å². The number of hydrogen-bond acceptors (Lipinski definition) is 5. The first kappa shape index (κ1) is 18.7. The lowest BCUT2D eigenvalue weighted by atomic mass is 10.1. The maximum absolute atomic E-state index is 13.0. The number of nitrogens with zero attached hydrogens (tertiary/aromatic N) is 3. The van der Waals surface area contributed by atoms with Gasteiger partial charge in [-0.05, 0) is 44.0 Å². The molecule has 1 saturated heterocycles. The third-order valence-corrected chi connectivity index (χ3v) is 6.69. The summed E-state index contributed by atoms with van der Waals surface area (Å²) >= 11 is 0. The Kier molecular flexibility index (Phi) is 5.78. The van der Waals surface area contributed by atoms with Gasteiger partial charge in [-0.25, -0.2) is 13.4 Å². The summed E-state index contributed by atoms with van der Waals surface area (Å²) in [6.45, 7) is 3.26. The Morgan fingerprint density at radius 3 is 2.50 bits per heavy atom. The highest BCUT2D eigenvalue weighted by molar-refractivity contribution is 7.89.